The first kappa shape index (κ1) is 16.9. The number of pyridine rings is 1. The van der Waals surface area contributed by atoms with Crippen molar-refractivity contribution in [1.29, 1.82) is 0 Å². The fraction of sp³-hybridized carbons (Fsp3) is 0.278. The van der Waals surface area contributed by atoms with E-state index in [1.165, 1.54) is 28.0 Å². The fourth-order valence-corrected chi connectivity index (χ4v) is 2.72. The number of nitrogens with one attached hydrogen (secondary N) is 1. The molecular formula is C18H19FN4O2. The van der Waals surface area contributed by atoms with Gasteiger partial charge in [0.05, 0.1) is 5.56 Å². The Bertz CT molecular complexity index is 782. The molecule has 1 aromatic carbocycles. The molecule has 2 heterocycles. The lowest BCUT2D eigenvalue weighted by Gasteiger charge is -2.20. The zero-order chi connectivity index (χ0) is 17.8. The van der Waals surface area contributed by atoms with Crippen LogP contribution < -0.4 is 10.2 Å². The maximum Gasteiger partial charge on any atom is 0.321 e. The number of halogens is 1. The van der Waals surface area contributed by atoms with Gasteiger partial charge in [0.2, 0.25) is 0 Å². The highest BCUT2D eigenvalue weighted by Gasteiger charge is 2.24. The number of hydrogen-bond acceptors (Lipinski definition) is 3. The van der Waals surface area contributed by atoms with Crippen molar-refractivity contribution >= 4 is 17.6 Å². The van der Waals surface area contributed by atoms with Crippen molar-refractivity contribution in [2.75, 3.05) is 31.6 Å². The van der Waals surface area contributed by atoms with Gasteiger partial charge in [-0.1, -0.05) is 0 Å². The van der Waals surface area contributed by atoms with Gasteiger partial charge in [-0.05, 0) is 42.3 Å². The average Bonchev–Trinajstić information content (AvgIpc) is 3.06. The minimum Gasteiger partial charge on any atom is -0.341 e. The summed E-state index contributed by atoms with van der Waals surface area (Å²) in [5, 5.41) is 2.69. The molecule has 1 aromatic heterocycles. The van der Waals surface area contributed by atoms with Crippen molar-refractivity contribution in [1.82, 2.24) is 15.2 Å². The van der Waals surface area contributed by atoms with Crippen LogP contribution in [0.1, 0.15) is 15.9 Å². The van der Waals surface area contributed by atoms with Crippen molar-refractivity contribution in [2.45, 2.75) is 6.42 Å². The van der Waals surface area contributed by atoms with E-state index in [9.17, 15) is 14.0 Å². The number of carbonyl (C=O) groups excluding carboxylic acids is 2. The molecule has 6 nitrogen and oxygen atoms in total. The zero-order valence-electron chi connectivity index (χ0n) is 13.9. The lowest BCUT2D eigenvalue weighted by Crippen LogP contribution is -2.31. The summed E-state index contributed by atoms with van der Waals surface area (Å²) >= 11 is 0. The lowest BCUT2D eigenvalue weighted by atomic mass is 10.1. The first-order valence-corrected chi connectivity index (χ1v) is 8.05. The maximum atomic E-state index is 14.2. The first-order valence-electron chi connectivity index (χ1n) is 8.05. The molecule has 7 heteroatoms. The molecule has 1 fully saturated rings. The van der Waals surface area contributed by atoms with E-state index < -0.39 is 11.7 Å². The maximum absolute atomic E-state index is 14.2. The van der Waals surface area contributed by atoms with Gasteiger partial charge in [0.15, 0.2) is 0 Å². The van der Waals surface area contributed by atoms with Crippen LogP contribution in [0.15, 0.2) is 42.7 Å². The van der Waals surface area contributed by atoms with Gasteiger partial charge in [0.1, 0.15) is 5.82 Å². The van der Waals surface area contributed by atoms with Crippen molar-refractivity contribution in [2.24, 2.45) is 0 Å². The minimum atomic E-state index is -0.593. The van der Waals surface area contributed by atoms with Crippen LogP contribution in [-0.2, 0) is 6.42 Å². The number of carbonyl (C=O) groups is 2. The summed E-state index contributed by atoms with van der Waals surface area (Å²) in [5.74, 6) is -1.00. The second kappa shape index (κ2) is 7.29. The Hall–Kier alpha value is -2.96. The smallest absolute Gasteiger partial charge is 0.321 e. The Morgan fingerprint density at radius 2 is 2.08 bits per heavy atom. The SMILES string of the molecule is CN(CCc1ccncc1)C(=O)c1cc(N2CCNC2=O)ccc1F. The molecule has 130 valence electrons. The van der Waals surface area contributed by atoms with Gasteiger partial charge in [-0.15, -0.1) is 0 Å². The van der Waals surface area contributed by atoms with Crippen LogP contribution >= 0.6 is 0 Å². The lowest BCUT2D eigenvalue weighted by molar-refractivity contribution is 0.0792. The topological polar surface area (TPSA) is 65.5 Å². The molecule has 1 saturated heterocycles. The van der Waals surface area contributed by atoms with E-state index in [0.29, 0.717) is 31.7 Å². The number of likely N-dealkylation sites (N-methyl/N-ethyl adjacent to an activating group) is 1. The molecule has 1 N–H and O–H groups in total. The Morgan fingerprint density at radius 1 is 1.32 bits per heavy atom. The van der Waals surface area contributed by atoms with E-state index in [1.807, 2.05) is 12.1 Å². The number of amides is 3. The van der Waals surface area contributed by atoms with Crippen LogP contribution in [0.25, 0.3) is 0 Å². The highest BCUT2D eigenvalue weighted by Crippen LogP contribution is 2.21. The number of hydrogen-bond donors (Lipinski definition) is 1. The van der Waals surface area contributed by atoms with E-state index in [2.05, 4.69) is 10.3 Å². The van der Waals surface area contributed by atoms with Crippen LogP contribution in [0.3, 0.4) is 0 Å². The highest BCUT2D eigenvalue weighted by atomic mass is 19.1. The molecule has 1 aliphatic rings. The third-order valence-corrected chi connectivity index (χ3v) is 4.18. The standard InChI is InChI=1S/C18H19FN4O2/c1-22(10-6-13-4-7-20-8-5-13)17(24)15-12-14(2-3-16(15)19)23-11-9-21-18(23)25/h2-5,7-8,12H,6,9-11H2,1H3,(H,21,25). The molecule has 0 atom stereocenters. The molecule has 0 saturated carbocycles. The predicted molar refractivity (Wildman–Crippen MR) is 92.0 cm³/mol. The molecule has 0 bridgehead atoms. The average molecular weight is 342 g/mol. The Kier molecular flexibility index (Phi) is 4.92. The second-order valence-electron chi connectivity index (χ2n) is 5.88. The summed E-state index contributed by atoms with van der Waals surface area (Å²) in [6.07, 6.45) is 4.05. The Labute approximate surface area is 145 Å². The fourth-order valence-electron chi connectivity index (χ4n) is 2.72. The van der Waals surface area contributed by atoms with Crippen LogP contribution in [0.5, 0.6) is 0 Å². The van der Waals surface area contributed by atoms with Crippen LogP contribution in [0.2, 0.25) is 0 Å². The van der Waals surface area contributed by atoms with Crippen molar-refractivity contribution in [3.63, 3.8) is 0 Å². The van der Waals surface area contributed by atoms with Gasteiger partial charge in [-0.25, -0.2) is 9.18 Å². The van der Waals surface area contributed by atoms with Crippen LogP contribution in [-0.4, -0.2) is 48.5 Å². The molecule has 1 aliphatic heterocycles. The molecule has 0 unspecified atom stereocenters. The number of benzene rings is 1. The summed E-state index contributed by atoms with van der Waals surface area (Å²) in [5.41, 5.74) is 1.54. The molecule has 3 rings (SSSR count). The van der Waals surface area contributed by atoms with Crippen molar-refractivity contribution in [3.05, 3.63) is 59.7 Å². The number of anilines is 1. The van der Waals surface area contributed by atoms with Crippen LogP contribution in [0, 0.1) is 5.82 Å². The van der Waals surface area contributed by atoms with E-state index in [1.54, 1.807) is 19.4 Å². The molecule has 0 aliphatic carbocycles. The Morgan fingerprint density at radius 3 is 2.76 bits per heavy atom. The quantitative estimate of drug-likeness (QED) is 0.905. The van der Waals surface area contributed by atoms with Crippen molar-refractivity contribution < 1.29 is 14.0 Å². The number of urea groups is 1. The van der Waals surface area contributed by atoms with Gasteiger partial charge < -0.3 is 10.2 Å². The van der Waals surface area contributed by atoms with Gasteiger partial charge in [0, 0.05) is 44.8 Å². The van der Waals surface area contributed by atoms with Gasteiger partial charge in [0.25, 0.3) is 5.91 Å². The molecule has 0 spiro atoms. The molecule has 2 aromatic rings. The summed E-state index contributed by atoms with van der Waals surface area (Å²) in [6.45, 7) is 1.48. The predicted octanol–water partition coefficient (Wildman–Crippen LogP) is 2.06. The molecule has 3 amide bonds. The monoisotopic (exact) mass is 342 g/mol. The van der Waals surface area contributed by atoms with Gasteiger partial charge in [-0.3, -0.25) is 14.7 Å². The minimum absolute atomic E-state index is 0.0329. The largest absolute Gasteiger partial charge is 0.341 e. The third kappa shape index (κ3) is 3.76. The zero-order valence-corrected chi connectivity index (χ0v) is 13.9. The van der Waals surface area contributed by atoms with Gasteiger partial charge >= 0.3 is 6.03 Å². The summed E-state index contributed by atoms with van der Waals surface area (Å²) in [4.78, 5) is 31.3. The normalized spacial score (nSPS) is 13.7. The number of nitrogens with zero attached hydrogens (tertiary/aromatic N) is 3. The van der Waals surface area contributed by atoms with E-state index in [-0.39, 0.29) is 11.6 Å². The molecule has 0 radical (unpaired) electrons. The Balaban J connectivity index is 1.73. The van der Waals surface area contributed by atoms with Crippen molar-refractivity contribution in [3.8, 4) is 0 Å². The van der Waals surface area contributed by atoms with E-state index in [0.717, 1.165) is 5.56 Å². The summed E-state index contributed by atoms with van der Waals surface area (Å²) in [6, 6.07) is 7.69. The second-order valence-corrected chi connectivity index (χ2v) is 5.88. The third-order valence-electron chi connectivity index (χ3n) is 4.18. The molecular weight excluding hydrogens is 323 g/mol. The van der Waals surface area contributed by atoms with E-state index in [4.69, 9.17) is 0 Å². The highest BCUT2D eigenvalue weighted by molar-refractivity contribution is 5.98. The summed E-state index contributed by atoms with van der Waals surface area (Å²) in [7, 11) is 1.64. The van der Waals surface area contributed by atoms with Gasteiger partial charge in [-0.2, -0.15) is 0 Å². The number of aromatic nitrogens is 1. The molecule has 25 heavy (non-hydrogen) atoms. The summed E-state index contributed by atoms with van der Waals surface area (Å²) < 4.78 is 14.2. The van der Waals surface area contributed by atoms with Crippen LogP contribution in [0.4, 0.5) is 14.9 Å². The first-order chi connectivity index (χ1) is 12.1. The number of rotatable bonds is 5. The van der Waals surface area contributed by atoms with E-state index >= 15 is 0 Å².